The predicted molar refractivity (Wildman–Crippen MR) is 105 cm³/mol. The Morgan fingerprint density at radius 2 is 1.96 bits per heavy atom. The van der Waals surface area contributed by atoms with Gasteiger partial charge in [-0.1, -0.05) is 35.9 Å². The SMILES string of the molecule is CN(C)[C@@H](CNC(=O)COc1ccc2c(c1)CCC2)c1ccccc1Cl. The molecule has 0 heterocycles. The lowest BCUT2D eigenvalue weighted by molar-refractivity contribution is -0.123. The molecule has 1 aliphatic rings. The summed E-state index contributed by atoms with van der Waals surface area (Å²) >= 11 is 6.30. The summed E-state index contributed by atoms with van der Waals surface area (Å²) in [5.41, 5.74) is 3.74. The molecule has 0 unspecified atom stereocenters. The van der Waals surface area contributed by atoms with Gasteiger partial charge in [0.05, 0.1) is 6.04 Å². The molecule has 2 aromatic carbocycles. The van der Waals surface area contributed by atoms with Crippen molar-refractivity contribution < 1.29 is 9.53 Å². The molecule has 0 fully saturated rings. The zero-order chi connectivity index (χ0) is 18.5. The number of nitrogens with zero attached hydrogens (tertiary/aromatic N) is 1. The molecule has 2 aromatic rings. The first kappa shape index (κ1) is 18.7. The first-order valence-electron chi connectivity index (χ1n) is 8.97. The number of benzene rings is 2. The normalized spacial score (nSPS) is 14.2. The van der Waals surface area contributed by atoms with Crippen LogP contribution in [0, 0.1) is 0 Å². The van der Waals surface area contributed by atoms with Crippen LogP contribution in [0.15, 0.2) is 42.5 Å². The molecule has 0 aliphatic heterocycles. The molecule has 0 saturated carbocycles. The summed E-state index contributed by atoms with van der Waals surface area (Å²) < 4.78 is 5.66. The number of carbonyl (C=O) groups excluding carboxylic acids is 1. The van der Waals surface area contributed by atoms with Crippen LogP contribution in [0.3, 0.4) is 0 Å². The van der Waals surface area contributed by atoms with E-state index in [1.807, 2.05) is 49.3 Å². The van der Waals surface area contributed by atoms with Crippen LogP contribution in [0.2, 0.25) is 5.02 Å². The highest BCUT2D eigenvalue weighted by molar-refractivity contribution is 6.31. The summed E-state index contributed by atoms with van der Waals surface area (Å²) in [7, 11) is 3.95. The zero-order valence-corrected chi connectivity index (χ0v) is 16.1. The summed E-state index contributed by atoms with van der Waals surface area (Å²) in [5, 5.41) is 3.65. The van der Waals surface area contributed by atoms with Gasteiger partial charge in [-0.25, -0.2) is 0 Å². The van der Waals surface area contributed by atoms with Crippen LogP contribution >= 0.6 is 11.6 Å². The maximum Gasteiger partial charge on any atom is 0.258 e. The number of carbonyl (C=O) groups is 1. The van der Waals surface area contributed by atoms with Crippen LogP contribution in [-0.4, -0.2) is 38.1 Å². The fraction of sp³-hybridized carbons (Fsp3) is 0.381. The van der Waals surface area contributed by atoms with Gasteiger partial charge < -0.3 is 15.0 Å². The van der Waals surface area contributed by atoms with Gasteiger partial charge in [0, 0.05) is 11.6 Å². The Kier molecular flexibility index (Phi) is 6.17. The van der Waals surface area contributed by atoms with Crippen molar-refractivity contribution in [3.63, 3.8) is 0 Å². The monoisotopic (exact) mass is 372 g/mol. The molecular formula is C21H25ClN2O2. The summed E-state index contributed by atoms with van der Waals surface area (Å²) in [6.07, 6.45) is 3.44. The highest BCUT2D eigenvalue weighted by Gasteiger charge is 2.18. The van der Waals surface area contributed by atoms with Crippen molar-refractivity contribution in [2.24, 2.45) is 0 Å². The van der Waals surface area contributed by atoms with Crippen LogP contribution < -0.4 is 10.1 Å². The highest BCUT2D eigenvalue weighted by Crippen LogP contribution is 2.26. The topological polar surface area (TPSA) is 41.6 Å². The molecule has 0 bridgehead atoms. The minimum Gasteiger partial charge on any atom is -0.484 e. The van der Waals surface area contributed by atoms with Gasteiger partial charge in [0.2, 0.25) is 0 Å². The summed E-state index contributed by atoms with van der Waals surface area (Å²) in [6, 6.07) is 13.8. The van der Waals surface area contributed by atoms with E-state index in [2.05, 4.69) is 17.4 Å². The standard InChI is InChI=1S/C21H25ClN2O2/c1-24(2)20(18-8-3-4-9-19(18)22)13-23-21(25)14-26-17-11-10-15-6-5-7-16(15)12-17/h3-4,8-12,20H,5-7,13-14H2,1-2H3,(H,23,25)/t20-/m0/s1. The summed E-state index contributed by atoms with van der Waals surface area (Å²) in [5.74, 6) is 0.625. The van der Waals surface area contributed by atoms with Gasteiger partial charge in [-0.05, 0) is 68.2 Å². The molecule has 138 valence electrons. The van der Waals surface area contributed by atoms with Crippen LogP contribution in [-0.2, 0) is 17.6 Å². The summed E-state index contributed by atoms with van der Waals surface area (Å²) in [4.78, 5) is 14.3. The molecule has 0 aromatic heterocycles. The van der Waals surface area contributed by atoms with Crippen LogP contribution in [0.4, 0.5) is 0 Å². The van der Waals surface area contributed by atoms with Gasteiger partial charge in [-0.3, -0.25) is 4.79 Å². The minimum atomic E-state index is -0.135. The fourth-order valence-electron chi connectivity index (χ4n) is 3.36. The van der Waals surface area contributed by atoms with Crippen molar-refractivity contribution in [3.8, 4) is 5.75 Å². The van der Waals surface area contributed by atoms with Gasteiger partial charge in [0.1, 0.15) is 5.75 Å². The third-order valence-electron chi connectivity index (χ3n) is 4.82. The third-order valence-corrected chi connectivity index (χ3v) is 5.16. The number of likely N-dealkylation sites (N-methyl/N-ethyl adjacent to an activating group) is 1. The van der Waals surface area contributed by atoms with Crippen molar-refractivity contribution in [2.45, 2.75) is 25.3 Å². The molecular weight excluding hydrogens is 348 g/mol. The van der Waals surface area contributed by atoms with E-state index in [9.17, 15) is 4.79 Å². The van der Waals surface area contributed by atoms with E-state index < -0.39 is 0 Å². The Morgan fingerprint density at radius 1 is 1.19 bits per heavy atom. The Labute approximate surface area is 160 Å². The molecule has 0 radical (unpaired) electrons. The number of rotatable bonds is 7. The molecule has 4 nitrogen and oxygen atoms in total. The average molecular weight is 373 g/mol. The maximum absolute atomic E-state index is 12.2. The Morgan fingerprint density at radius 3 is 2.73 bits per heavy atom. The average Bonchev–Trinajstić information content (AvgIpc) is 3.09. The highest BCUT2D eigenvalue weighted by atomic mass is 35.5. The molecule has 1 amide bonds. The first-order valence-corrected chi connectivity index (χ1v) is 9.34. The van der Waals surface area contributed by atoms with E-state index in [0.717, 1.165) is 24.2 Å². The van der Waals surface area contributed by atoms with Crippen molar-refractivity contribution in [1.29, 1.82) is 0 Å². The van der Waals surface area contributed by atoms with Crippen LogP contribution in [0.1, 0.15) is 29.2 Å². The van der Waals surface area contributed by atoms with E-state index in [4.69, 9.17) is 16.3 Å². The number of hydrogen-bond donors (Lipinski definition) is 1. The zero-order valence-electron chi connectivity index (χ0n) is 15.3. The smallest absolute Gasteiger partial charge is 0.258 e. The largest absolute Gasteiger partial charge is 0.484 e. The number of fused-ring (bicyclic) bond motifs is 1. The molecule has 1 aliphatic carbocycles. The third kappa shape index (κ3) is 4.57. The van der Waals surface area contributed by atoms with Crippen LogP contribution in [0.5, 0.6) is 5.75 Å². The Bertz CT molecular complexity index is 776. The lowest BCUT2D eigenvalue weighted by atomic mass is 10.1. The molecule has 1 atom stereocenters. The Balaban J connectivity index is 1.53. The van der Waals surface area contributed by atoms with Gasteiger partial charge in [0.15, 0.2) is 6.61 Å². The number of hydrogen-bond acceptors (Lipinski definition) is 3. The lowest BCUT2D eigenvalue weighted by Gasteiger charge is -2.26. The molecule has 5 heteroatoms. The number of nitrogens with one attached hydrogen (secondary N) is 1. The number of halogens is 1. The van der Waals surface area contributed by atoms with Crippen LogP contribution in [0.25, 0.3) is 0 Å². The fourth-order valence-corrected chi connectivity index (χ4v) is 3.63. The molecule has 0 saturated heterocycles. The minimum absolute atomic E-state index is 0.00708. The molecule has 1 N–H and O–H groups in total. The van der Waals surface area contributed by atoms with Gasteiger partial charge in [-0.15, -0.1) is 0 Å². The van der Waals surface area contributed by atoms with E-state index in [-0.39, 0.29) is 18.6 Å². The second-order valence-electron chi connectivity index (χ2n) is 6.88. The van der Waals surface area contributed by atoms with Gasteiger partial charge in [-0.2, -0.15) is 0 Å². The van der Waals surface area contributed by atoms with E-state index >= 15 is 0 Å². The molecule has 3 rings (SSSR count). The molecule has 26 heavy (non-hydrogen) atoms. The summed E-state index contributed by atoms with van der Waals surface area (Å²) in [6.45, 7) is 0.491. The second kappa shape index (κ2) is 8.56. The van der Waals surface area contributed by atoms with Crippen molar-refractivity contribution in [1.82, 2.24) is 10.2 Å². The van der Waals surface area contributed by atoms with Gasteiger partial charge in [0.25, 0.3) is 5.91 Å². The number of amides is 1. The van der Waals surface area contributed by atoms with Gasteiger partial charge >= 0.3 is 0 Å². The maximum atomic E-state index is 12.2. The van der Waals surface area contributed by atoms with Crippen molar-refractivity contribution in [3.05, 3.63) is 64.2 Å². The van der Waals surface area contributed by atoms with E-state index in [1.165, 1.54) is 17.5 Å². The number of ether oxygens (including phenoxy) is 1. The van der Waals surface area contributed by atoms with Crippen molar-refractivity contribution >= 4 is 17.5 Å². The Hall–Kier alpha value is -2.04. The molecule has 0 spiro atoms. The van der Waals surface area contributed by atoms with Crippen molar-refractivity contribution in [2.75, 3.05) is 27.2 Å². The first-order chi connectivity index (χ1) is 12.5. The van der Waals surface area contributed by atoms with E-state index in [1.54, 1.807) is 0 Å². The van der Waals surface area contributed by atoms with E-state index in [0.29, 0.717) is 11.6 Å². The second-order valence-corrected chi connectivity index (χ2v) is 7.28. The quantitative estimate of drug-likeness (QED) is 0.807. The predicted octanol–water partition coefficient (Wildman–Crippen LogP) is 3.63. The number of aryl methyl sites for hydroxylation is 2. The lowest BCUT2D eigenvalue weighted by Crippen LogP contribution is -2.37.